The minimum Gasteiger partial charge on any atom is -0.497 e. The highest BCUT2D eigenvalue weighted by molar-refractivity contribution is 5.81. The first kappa shape index (κ1) is 16.8. The fraction of sp³-hybridized carbons (Fsp3) is 0.467. The Morgan fingerprint density at radius 2 is 1.81 bits per heavy atom. The number of benzene rings is 1. The van der Waals surface area contributed by atoms with Crippen LogP contribution in [-0.4, -0.2) is 48.7 Å². The molecule has 0 aliphatic carbocycles. The van der Waals surface area contributed by atoms with E-state index in [0.29, 0.717) is 12.3 Å². The fourth-order valence-electron chi connectivity index (χ4n) is 1.81. The number of carbonyl (C=O) groups excluding carboxylic acids is 1. The van der Waals surface area contributed by atoms with Gasteiger partial charge in [0.05, 0.1) is 20.1 Å². The Kier molecular flexibility index (Phi) is 7.08. The average molecular weight is 295 g/mol. The van der Waals surface area contributed by atoms with Gasteiger partial charge in [0, 0.05) is 6.54 Å². The SMILES string of the molecule is CCCN(CC(=O)O)C(=O)CCOc1ccc(OC)cc1. The van der Waals surface area contributed by atoms with Gasteiger partial charge in [-0.1, -0.05) is 6.92 Å². The van der Waals surface area contributed by atoms with Crippen LogP contribution >= 0.6 is 0 Å². The number of hydrogen-bond acceptors (Lipinski definition) is 4. The zero-order valence-electron chi connectivity index (χ0n) is 12.4. The van der Waals surface area contributed by atoms with Gasteiger partial charge in [-0.2, -0.15) is 0 Å². The smallest absolute Gasteiger partial charge is 0.323 e. The predicted octanol–water partition coefficient (Wildman–Crippen LogP) is 1.79. The van der Waals surface area contributed by atoms with E-state index in [2.05, 4.69) is 0 Å². The lowest BCUT2D eigenvalue weighted by Crippen LogP contribution is -2.36. The van der Waals surface area contributed by atoms with E-state index in [-0.39, 0.29) is 25.5 Å². The summed E-state index contributed by atoms with van der Waals surface area (Å²) in [4.78, 5) is 24.0. The summed E-state index contributed by atoms with van der Waals surface area (Å²) in [6, 6.07) is 7.05. The van der Waals surface area contributed by atoms with Crippen LogP contribution in [0.5, 0.6) is 11.5 Å². The zero-order chi connectivity index (χ0) is 15.7. The Bertz CT molecular complexity index is 458. The number of carboxylic acid groups (broad SMARTS) is 1. The van der Waals surface area contributed by atoms with Gasteiger partial charge in [-0.3, -0.25) is 9.59 Å². The van der Waals surface area contributed by atoms with Crippen LogP contribution in [0, 0.1) is 0 Å². The molecule has 6 nitrogen and oxygen atoms in total. The Hall–Kier alpha value is -2.24. The topological polar surface area (TPSA) is 76.1 Å². The molecule has 0 unspecified atom stereocenters. The molecule has 0 radical (unpaired) electrons. The lowest BCUT2D eigenvalue weighted by molar-refractivity contribution is -0.144. The average Bonchev–Trinajstić information content (AvgIpc) is 2.47. The van der Waals surface area contributed by atoms with E-state index in [9.17, 15) is 9.59 Å². The van der Waals surface area contributed by atoms with Gasteiger partial charge in [0.15, 0.2) is 0 Å². The summed E-state index contributed by atoms with van der Waals surface area (Å²) in [6.07, 6.45) is 0.873. The van der Waals surface area contributed by atoms with E-state index < -0.39 is 5.97 Å². The van der Waals surface area contributed by atoms with E-state index in [1.807, 2.05) is 6.92 Å². The Labute approximate surface area is 124 Å². The van der Waals surface area contributed by atoms with E-state index >= 15 is 0 Å². The molecule has 0 saturated heterocycles. The number of carboxylic acids is 1. The molecule has 1 amide bonds. The van der Waals surface area contributed by atoms with Crippen LogP contribution in [0.15, 0.2) is 24.3 Å². The number of amides is 1. The lowest BCUT2D eigenvalue weighted by Gasteiger charge is -2.19. The molecular formula is C15H21NO5. The maximum absolute atomic E-state index is 11.9. The highest BCUT2D eigenvalue weighted by Crippen LogP contribution is 2.17. The third kappa shape index (κ3) is 6.16. The second-order valence-corrected chi connectivity index (χ2v) is 4.48. The first-order valence-corrected chi connectivity index (χ1v) is 6.83. The first-order valence-electron chi connectivity index (χ1n) is 6.83. The molecule has 1 aromatic rings. The standard InChI is InChI=1S/C15H21NO5/c1-3-9-16(11-15(18)19)14(17)8-10-21-13-6-4-12(20-2)5-7-13/h4-7H,3,8-11H2,1-2H3,(H,18,19). The molecule has 0 spiro atoms. The van der Waals surface area contributed by atoms with Gasteiger partial charge >= 0.3 is 5.97 Å². The van der Waals surface area contributed by atoms with Gasteiger partial charge in [-0.15, -0.1) is 0 Å². The Balaban J connectivity index is 2.41. The summed E-state index contributed by atoms with van der Waals surface area (Å²) in [6.45, 7) is 2.28. The molecule has 1 N–H and O–H groups in total. The fourth-order valence-corrected chi connectivity index (χ4v) is 1.81. The molecule has 6 heteroatoms. The monoisotopic (exact) mass is 295 g/mol. The van der Waals surface area contributed by atoms with Gasteiger partial charge in [-0.25, -0.2) is 0 Å². The van der Waals surface area contributed by atoms with Crippen LogP contribution < -0.4 is 9.47 Å². The van der Waals surface area contributed by atoms with Crippen molar-refractivity contribution in [1.29, 1.82) is 0 Å². The predicted molar refractivity (Wildman–Crippen MR) is 77.6 cm³/mol. The highest BCUT2D eigenvalue weighted by atomic mass is 16.5. The van der Waals surface area contributed by atoms with Crippen LogP contribution in [0.2, 0.25) is 0 Å². The molecule has 0 aromatic heterocycles. The molecule has 1 rings (SSSR count). The van der Waals surface area contributed by atoms with E-state index in [0.717, 1.165) is 12.2 Å². The van der Waals surface area contributed by atoms with Crippen molar-refractivity contribution in [2.45, 2.75) is 19.8 Å². The molecule has 116 valence electrons. The largest absolute Gasteiger partial charge is 0.497 e. The van der Waals surface area contributed by atoms with E-state index in [1.54, 1.807) is 31.4 Å². The van der Waals surface area contributed by atoms with Crippen molar-refractivity contribution in [1.82, 2.24) is 4.90 Å². The molecule has 0 aliphatic rings. The van der Waals surface area contributed by atoms with Crippen molar-refractivity contribution >= 4 is 11.9 Å². The van der Waals surface area contributed by atoms with E-state index in [4.69, 9.17) is 14.6 Å². The van der Waals surface area contributed by atoms with Crippen molar-refractivity contribution in [2.75, 3.05) is 26.8 Å². The second-order valence-electron chi connectivity index (χ2n) is 4.48. The van der Waals surface area contributed by atoms with Crippen molar-refractivity contribution in [3.05, 3.63) is 24.3 Å². The molecular weight excluding hydrogens is 274 g/mol. The number of rotatable bonds is 9. The van der Waals surface area contributed by atoms with Gasteiger partial charge in [-0.05, 0) is 30.7 Å². The number of methoxy groups -OCH3 is 1. The number of nitrogens with zero attached hydrogens (tertiary/aromatic N) is 1. The van der Waals surface area contributed by atoms with Crippen molar-refractivity contribution in [2.24, 2.45) is 0 Å². The van der Waals surface area contributed by atoms with Gasteiger partial charge in [0.2, 0.25) is 5.91 Å². The normalized spacial score (nSPS) is 10.0. The molecule has 1 aromatic carbocycles. The summed E-state index contributed by atoms with van der Waals surface area (Å²) in [5.41, 5.74) is 0. The van der Waals surface area contributed by atoms with Crippen molar-refractivity contribution in [3.8, 4) is 11.5 Å². The number of aliphatic carboxylic acids is 1. The zero-order valence-corrected chi connectivity index (χ0v) is 12.4. The van der Waals surface area contributed by atoms with Crippen LogP contribution in [0.4, 0.5) is 0 Å². The third-order valence-corrected chi connectivity index (χ3v) is 2.82. The quantitative estimate of drug-likeness (QED) is 0.751. The minimum atomic E-state index is -1.01. The maximum atomic E-state index is 11.9. The van der Waals surface area contributed by atoms with E-state index in [1.165, 1.54) is 4.90 Å². The highest BCUT2D eigenvalue weighted by Gasteiger charge is 2.15. The van der Waals surface area contributed by atoms with Gasteiger partial charge < -0.3 is 19.5 Å². The number of hydrogen-bond donors (Lipinski definition) is 1. The molecule has 0 heterocycles. The van der Waals surface area contributed by atoms with Crippen LogP contribution in [0.3, 0.4) is 0 Å². The third-order valence-electron chi connectivity index (χ3n) is 2.82. The second kappa shape index (κ2) is 8.84. The Morgan fingerprint density at radius 1 is 1.19 bits per heavy atom. The maximum Gasteiger partial charge on any atom is 0.323 e. The van der Waals surface area contributed by atoms with Crippen molar-refractivity contribution < 1.29 is 24.2 Å². The molecule has 0 aliphatic heterocycles. The summed E-state index contributed by atoms with van der Waals surface area (Å²) < 4.78 is 10.5. The number of ether oxygens (including phenoxy) is 2. The molecule has 0 saturated carbocycles. The Morgan fingerprint density at radius 3 is 2.33 bits per heavy atom. The van der Waals surface area contributed by atoms with Crippen LogP contribution in [0.1, 0.15) is 19.8 Å². The minimum absolute atomic E-state index is 0.152. The summed E-state index contributed by atoms with van der Waals surface area (Å²) in [5.74, 6) is 0.151. The van der Waals surface area contributed by atoms with Crippen LogP contribution in [0.25, 0.3) is 0 Å². The molecule has 0 atom stereocenters. The van der Waals surface area contributed by atoms with Crippen molar-refractivity contribution in [3.63, 3.8) is 0 Å². The summed E-state index contributed by atoms with van der Waals surface area (Å²) >= 11 is 0. The molecule has 0 fully saturated rings. The number of carbonyl (C=O) groups is 2. The lowest BCUT2D eigenvalue weighted by atomic mass is 10.3. The van der Waals surface area contributed by atoms with Gasteiger partial charge in [0.25, 0.3) is 0 Å². The van der Waals surface area contributed by atoms with Crippen LogP contribution in [-0.2, 0) is 9.59 Å². The molecule has 21 heavy (non-hydrogen) atoms. The van der Waals surface area contributed by atoms with Gasteiger partial charge in [0.1, 0.15) is 18.0 Å². The summed E-state index contributed by atoms with van der Waals surface area (Å²) in [5, 5.41) is 8.78. The molecule has 0 bridgehead atoms. The summed E-state index contributed by atoms with van der Waals surface area (Å²) in [7, 11) is 1.58. The first-order chi connectivity index (χ1) is 10.1.